The van der Waals surface area contributed by atoms with Crippen LogP contribution in [0.15, 0.2) is 96.0 Å². The summed E-state index contributed by atoms with van der Waals surface area (Å²) >= 11 is 0. The lowest BCUT2D eigenvalue weighted by molar-refractivity contribution is -0.0201. The van der Waals surface area contributed by atoms with Gasteiger partial charge in [-0.3, -0.25) is 4.90 Å². The van der Waals surface area contributed by atoms with Gasteiger partial charge in [-0.2, -0.15) is 4.99 Å². The van der Waals surface area contributed by atoms with E-state index in [9.17, 15) is 9.90 Å². The zero-order valence-electron chi connectivity index (χ0n) is 14.1. The average Bonchev–Trinajstić information content (AvgIpc) is 2.96. The van der Waals surface area contributed by atoms with Crippen molar-refractivity contribution in [2.24, 2.45) is 4.99 Å². The van der Waals surface area contributed by atoms with E-state index in [1.165, 1.54) is 4.90 Å². The lowest BCUT2D eigenvalue weighted by Crippen LogP contribution is -2.48. The van der Waals surface area contributed by atoms with Gasteiger partial charge in [0, 0.05) is 11.1 Å². The first kappa shape index (κ1) is 16.2. The number of hydrogen-bond donors (Lipinski definition) is 1. The quantitative estimate of drug-likeness (QED) is 0.780. The van der Waals surface area contributed by atoms with Gasteiger partial charge in [-0.15, -0.1) is 0 Å². The lowest BCUT2D eigenvalue weighted by Gasteiger charge is -2.35. The Bertz CT molecular complexity index is 940. The Morgan fingerprint density at radius 2 is 1.35 bits per heavy atom. The minimum Gasteiger partial charge on any atom is -0.362 e. The van der Waals surface area contributed by atoms with Gasteiger partial charge >= 0.3 is 6.03 Å². The first-order valence-electron chi connectivity index (χ1n) is 8.47. The highest BCUT2D eigenvalue weighted by atomic mass is 16.3. The molecule has 3 aromatic rings. The smallest absolute Gasteiger partial charge is 0.347 e. The first-order chi connectivity index (χ1) is 12.7. The van der Waals surface area contributed by atoms with Crippen molar-refractivity contribution in [3.63, 3.8) is 0 Å². The predicted octanol–water partition coefficient (Wildman–Crippen LogP) is 3.96. The third-order valence-electron chi connectivity index (χ3n) is 4.57. The predicted molar refractivity (Wildman–Crippen MR) is 101 cm³/mol. The maximum atomic E-state index is 12.7. The van der Waals surface area contributed by atoms with E-state index < -0.39 is 11.8 Å². The van der Waals surface area contributed by atoms with Crippen LogP contribution in [0.1, 0.15) is 16.7 Å². The second-order valence-electron chi connectivity index (χ2n) is 6.22. The highest BCUT2D eigenvalue weighted by molar-refractivity contribution is 6.15. The van der Waals surface area contributed by atoms with Gasteiger partial charge in [0.2, 0.25) is 5.72 Å². The van der Waals surface area contributed by atoms with E-state index in [0.717, 1.165) is 11.1 Å². The molecule has 1 heterocycles. The summed E-state index contributed by atoms with van der Waals surface area (Å²) in [7, 11) is 0. The van der Waals surface area contributed by atoms with Crippen LogP contribution in [0, 0.1) is 0 Å². The third kappa shape index (κ3) is 2.70. The maximum Gasteiger partial charge on any atom is 0.347 e. The molecule has 0 saturated heterocycles. The van der Waals surface area contributed by atoms with Gasteiger partial charge in [0.25, 0.3) is 0 Å². The fourth-order valence-electron chi connectivity index (χ4n) is 3.27. The molecule has 0 aliphatic carbocycles. The van der Waals surface area contributed by atoms with Crippen LogP contribution in [0.25, 0.3) is 0 Å². The van der Waals surface area contributed by atoms with Gasteiger partial charge < -0.3 is 5.11 Å². The zero-order chi connectivity index (χ0) is 18.0. The molecule has 0 aromatic heterocycles. The Balaban J connectivity index is 1.83. The molecular formula is C22H18N2O2. The Kier molecular flexibility index (Phi) is 4.11. The summed E-state index contributed by atoms with van der Waals surface area (Å²) in [4.78, 5) is 18.4. The fourth-order valence-corrected chi connectivity index (χ4v) is 3.27. The van der Waals surface area contributed by atoms with Crippen molar-refractivity contribution in [3.8, 4) is 0 Å². The highest BCUT2D eigenvalue weighted by Gasteiger charge is 2.49. The number of aliphatic hydroxyl groups is 1. The van der Waals surface area contributed by atoms with Crippen LogP contribution in [0.5, 0.6) is 0 Å². The van der Waals surface area contributed by atoms with Crippen molar-refractivity contribution in [1.29, 1.82) is 0 Å². The second-order valence-corrected chi connectivity index (χ2v) is 6.22. The Morgan fingerprint density at radius 1 is 0.808 bits per heavy atom. The van der Waals surface area contributed by atoms with Crippen LogP contribution in [-0.4, -0.2) is 21.7 Å². The monoisotopic (exact) mass is 342 g/mol. The van der Waals surface area contributed by atoms with Crippen LogP contribution >= 0.6 is 0 Å². The summed E-state index contributed by atoms with van der Waals surface area (Å²) in [5.41, 5.74) is 1.01. The number of hydrogen-bond acceptors (Lipinski definition) is 2. The maximum absolute atomic E-state index is 12.7. The number of benzene rings is 3. The van der Waals surface area contributed by atoms with Crippen LogP contribution in [0.3, 0.4) is 0 Å². The van der Waals surface area contributed by atoms with Gasteiger partial charge in [0.1, 0.15) is 5.71 Å². The van der Waals surface area contributed by atoms with Crippen LogP contribution in [-0.2, 0) is 12.3 Å². The summed E-state index contributed by atoms with van der Waals surface area (Å²) < 4.78 is 0. The molecule has 1 unspecified atom stereocenters. The van der Waals surface area contributed by atoms with E-state index in [-0.39, 0.29) is 6.54 Å². The first-order valence-corrected chi connectivity index (χ1v) is 8.47. The van der Waals surface area contributed by atoms with Crippen molar-refractivity contribution < 1.29 is 9.90 Å². The highest BCUT2D eigenvalue weighted by Crippen LogP contribution is 2.37. The van der Waals surface area contributed by atoms with Crippen molar-refractivity contribution in [1.82, 2.24) is 4.90 Å². The summed E-state index contributed by atoms with van der Waals surface area (Å²) in [6, 6.07) is 27.7. The molecule has 0 saturated carbocycles. The molecule has 1 atom stereocenters. The number of rotatable bonds is 4. The summed E-state index contributed by atoms with van der Waals surface area (Å²) in [6.45, 7) is 0.269. The second kappa shape index (κ2) is 6.58. The third-order valence-corrected chi connectivity index (χ3v) is 4.57. The molecule has 3 aromatic carbocycles. The molecule has 1 N–H and O–H groups in total. The van der Waals surface area contributed by atoms with E-state index in [0.29, 0.717) is 11.3 Å². The molecule has 4 heteroatoms. The standard InChI is InChI=1S/C22H18N2O2/c25-21-23-20(18-12-6-2-7-13-18)22(26,19-14-8-3-9-15-19)24(21)16-17-10-4-1-5-11-17/h1-15,26H,16H2. The summed E-state index contributed by atoms with van der Waals surface area (Å²) in [6.07, 6.45) is 0. The van der Waals surface area contributed by atoms with E-state index in [1.54, 1.807) is 0 Å². The lowest BCUT2D eigenvalue weighted by atomic mass is 9.92. The molecule has 4 nitrogen and oxygen atoms in total. The van der Waals surface area contributed by atoms with Crippen molar-refractivity contribution in [2.75, 3.05) is 0 Å². The molecule has 0 bridgehead atoms. The zero-order valence-corrected chi connectivity index (χ0v) is 14.1. The molecule has 0 fully saturated rings. The van der Waals surface area contributed by atoms with Gasteiger partial charge in [-0.25, -0.2) is 4.79 Å². The number of carbonyl (C=O) groups is 1. The SMILES string of the molecule is O=C1N=C(c2ccccc2)C(O)(c2ccccc2)N1Cc1ccccc1. The largest absolute Gasteiger partial charge is 0.362 e. The Hall–Kier alpha value is -3.24. The molecule has 4 rings (SSSR count). The molecule has 2 amide bonds. The molecule has 1 aliphatic rings. The molecule has 128 valence electrons. The van der Waals surface area contributed by atoms with Crippen LogP contribution in [0.4, 0.5) is 4.79 Å². The van der Waals surface area contributed by atoms with E-state index in [2.05, 4.69) is 4.99 Å². The molecule has 0 radical (unpaired) electrons. The number of amides is 2. The van der Waals surface area contributed by atoms with Gasteiger partial charge in [-0.1, -0.05) is 91.0 Å². The molecular weight excluding hydrogens is 324 g/mol. The molecule has 26 heavy (non-hydrogen) atoms. The fraction of sp³-hybridized carbons (Fsp3) is 0.0909. The number of urea groups is 1. The minimum atomic E-state index is -1.62. The van der Waals surface area contributed by atoms with Crippen molar-refractivity contribution in [2.45, 2.75) is 12.3 Å². The van der Waals surface area contributed by atoms with Crippen molar-refractivity contribution in [3.05, 3.63) is 108 Å². The van der Waals surface area contributed by atoms with Crippen LogP contribution < -0.4 is 0 Å². The normalized spacial score (nSPS) is 19.5. The van der Waals surface area contributed by atoms with E-state index in [1.807, 2.05) is 91.0 Å². The molecule has 0 spiro atoms. The van der Waals surface area contributed by atoms with E-state index in [4.69, 9.17) is 0 Å². The summed E-state index contributed by atoms with van der Waals surface area (Å²) in [5, 5.41) is 11.7. The topological polar surface area (TPSA) is 52.9 Å². The van der Waals surface area contributed by atoms with Gasteiger partial charge in [0.15, 0.2) is 0 Å². The average molecular weight is 342 g/mol. The molecule has 1 aliphatic heterocycles. The van der Waals surface area contributed by atoms with E-state index >= 15 is 0 Å². The van der Waals surface area contributed by atoms with Crippen molar-refractivity contribution >= 4 is 11.7 Å². The Morgan fingerprint density at radius 3 is 1.96 bits per heavy atom. The van der Waals surface area contributed by atoms with Gasteiger partial charge in [0.05, 0.1) is 6.54 Å². The van der Waals surface area contributed by atoms with Crippen LogP contribution in [0.2, 0.25) is 0 Å². The summed E-state index contributed by atoms with van der Waals surface area (Å²) in [5.74, 6) is 0. The van der Waals surface area contributed by atoms with Gasteiger partial charge in [-0.05, 0) is 5.56 Å². The number of carbonyl (C=O) groups excluding carboxylic acids is 1. The number of nitrogens with zero attached hydrogens (tertiary/aromatic N) is 2. The Labute approximate surface area is 152 Å². The number of aliphatic imine (C=N–C) groups is 1. The minimum absolute atomic E-state index is 0.269.